The lowest BCUT2D eigenvalue weighted by atomic mass is 10.3. The number of piperazine rings is 1. The van der Waals surface area contributed by atoms with Crippen LogP contribution in [-0.2, 0) is 11.3 Å². The number of nitrogens with zero attached hydrogens (tertiary/aromatic N) is 7. The number of nitro groups is 1. The van der Waals surface area contributed by atoms with E-state index in [1.165, 1.54) is 6.20 Å². The molecule has 1 aliphatic rings. The molecule has 28 heavy (non-hydrogen) atoms. The molecule has 11 heteroatoms. The Morgan fingerprint density at radius 1 is 1.29 bits per heavy atom. The zero-order chi connectivity index (χ0) is 19.7. The molecule has 3 aromatic heterocycles. The van der Waals surface area contributed by atoms with Crippen molar-refractivity contribution >= 4 is 38.5 Å². The van der Waals surface area contributed by atoms with Crippen LogP contribution in [-0.4, -0.2) is 61.4 Å². The highest BCUT2D eigenvalue weighted by atomic mass is 32.1. The predicted molar refractivity (Wildman–Crippen MR) is 104 cm³/mol. The molecule has 0 spiro atoms. The van der Waals surface area contributed by atoms with E-state index >= 15 is 0 Å². The van der Waals surface area contributed by atoms with Gasteiger partial charge >= 0.3 is 5.82 Å². The minimum Gasteiger partial charge on any atom is -0.358 e. The molecular weight excluding hydrogens is 382 g/mol. The second-order valence-corrected chi connectivity index (χ2v) is 7.49. The molecule has 146 valence electrons. The van der Waals surface area contributed by atoms with Gasteiger partial charge in [-0.3, -0.25) is 4.79 Å². The molecule has 3 aromatic rings. The fourth-order valence-corrected chi connectivity index (χ4v) is 4.18. The van der Waals surface area contributed by atoms with Gasteiger partial charge in [0.15, 0.2) is 5.13 Å². The zero-order valence-electron chi connectivity index (χ0n) is 15.3. The van der Waals surface area contributed by atoms with Crippen molar-refractivity contribution in [3.63, 3.8) is 0 Å². The molecule has 1 fully saturated rings. The van der Waals surface area contributed by atoms with Gasteiger partial charge in [0.1, 0.15) is 16.5 Å². The topological polar surface area (TPSA) is 110 Å². The van der Waals surface area contributed by atoms with E-state index in [4.69, 9.17) is 0 Å². The van der Waals surface area contributed by atoms with Crippen molar-refractivity contribution in [3.8, 4) is 0 Å². The summed E-state index contributed by atoms with van der Waals surface area (Å²) in [5.74, 6) is 0.388. The lowest BCUT2D eigenvalue weighted by Crippen LogP contribution is -2.48. The van der Waals surface area contributed by atoms with Gasteiger partial charge in [-0.1, -0.05) is 11.3 Å². The summed E-state index contributed by atoms with van der Waals surface area (Å²) in [6.45, 7) is 4.79. The van der Waals surface area contributed by atoms with Crippen LogP contribution in [0.25, 0.3) is 10.3 Å². The number of fused-ring (bicyclic) bond motifs is 1. The number of aryl methyl sites for hydroxylation is 2. The van der Waals surface area contributed by atoms with Crippen molar-refractivity contribution in [2.24, 2.45) is 0 Å². The Balaban J connectivity index is 1.32. The average molecular weight is 401 g/mol. The van der Waals surface area contributed by atoms with Crippen LogP contribution in [0.3, 0.4) is 0 Å². The molecule has 0 aliphatic carbocycles. The molecule has 0 aromatic carbocycles. The summed E-state index contributed by atoms with van der Waals surface area (Å²) in [6, 6.07) is 3.82. The van der Waals surface area contributed by atoms with Gasteiger partial charge in [0, 0.05) is 52.3 Å². The largest absolute Gasteiger partial charge is 0.381 e. The van der Waals surface area contributed by atoms with Crippen LogP contribution in [0.15, 0.2) is 24.5 Å². The Hall–Kier alpha value is -3.08. The molecule has 0 N–H and O–H groups in total. The van der Waals surface area contributed by atoms with Crippen LogP contribution in [0.5, 0.6) is 0 Å². The van der Waals surface area contributed by atoms with E-state index in [2.05, 4.69) is 19.9 Å². The fourth-order valence-electron chi connectivity index (χ4n) is 3.22. The molecule has 0 saturated carbocycles. The smallest absolute Gasteiger partial charge is 0.358 e. The highest BCUT2D eigenvalue weighted by molar-refractivity contribution is 7.21. The third-order valence-electron chi connectivity index (χ3n) is 4.77. The molecule has 1 amide bonds. The summed E-state index contributed by atoms with van der Waals surface area (Å²) in [6.07, 6.45) is 3.43. The minimum absolute atomic E-state index is 0.0429. The Kier molecular flexibility index (Phi) is 4.90. The predicted octanol–water partition coefficient (Wildman–Crippen LogP) is 1.84. The maximum absolute atomic E-state index is 12.5. The minimum atomic E-state index is -0.526. The van der Waals surface area contributed by atoms with Crippen LogP contribution >= 0.6 is 11.3 Å². The summed E-state index contributed by atoms with van der Waals surface area (Å²) in [7, 11) is 0. The van der Waals surface area contributed by atoms with Crippen molar-refractivity contribution in [1.82, 2.24) is 24.4 Å². The second-order valence-electron chi connectivity index (χ2n) is 6.54. The SMILES string of the molecule is Cc1nc([N+](=O)[O-])cn1CCC(=O)N1CCN(c2nc3cccnc3s2)CC1. The maximum Gasteiger partial charge on any atom is 0.381 e. The maximum atomic E-state index is 12.5. The number of hydrogen-bond donors (Lipinski definition) is 0. The van der Waals surface area contributed by atoms with Crippen molar-refractivity contribution in [2.75, 3.05) is 31.1 Å². The number of imidazole rings is 1. The molecule has 1 saturated heterocycles. The second kappa shape index (κ2) is 7.50. The van der Waals surface area contributed by atoms with Crippen LogP contribution in [0.4, 0.5) is 10.9 Å². The summed E-state index contributed by atoms with van der Waals surface area (Å²) < 4.78 is 1.65. The molecule has 1 aliphatic heterocycles. The van der Waals surface area contributed by atoms with Crippen LogP contribution in [0.1, 0.15) is 12.2 Å². The number of aromatic nitrogens is 4. The van der Waals surface area contributed by atoms with E-state index in [-0.39, 0.29) is 11.7 Å². The standard InChI is InChI=1S/C17H19N7O3S/c1-12-19-14(24(26)27)11-23(12)6-4-15(25)21-7-9-22(10-8-21)17-20-13-3-2-5-18-16(13)28-17/h2-3,5,11H,4,6-10H2,1H3. The fraction of sp³-hybridized carbons (Fsp3) is 0.412. The molecule has 10 nitrogen and oxygen atoms in total. The summed E-state index contributed by atoms with van der Waals surface area (Å²) >= 11 is 1.56. The molecule has 0 bridgehead atoms. The lowest BCUT2D eigenvalue weighted by Gasteiger charge is -2.34. The van der Waals surface area contributed by atoms with Crippen LogP contribution in [0.2, 0.25) is 0 Å². The molecule has 4 heterocycles. The number of carbonyl (C=O) groups excluding carboxylic acids is 1. The Bertz CT molecular complexity index is 990. The van der Waals surface area contributed by atoms with E-state index in [1.54, 1.807) is 29.0 Å². The number of hydrogen-bond acceptors (Lipinski definition) is 8. The Morgan fingerprint density at radius 3 is 2.75 bits per heavy atom. The van der Waals surface area contributed by atoms with Crippen molar-refractivity contribution in [3.05, 3.63) is 40.5 Å². The van der Waals surface area contributed by atoms with Gasteiger partial charge in [-0.2, -0.15) is 0 Å². The Morgan fingerprint density at radius 2 is 2.07 bits per heavy atom. The number of thiazole rings is 1. The zero-order valence-corrected chi connectivity index (χ0v) is 16.1. The normalized spacial score (nSPS) is 14.6. The van der Waals surface area contributed by atoms with E-state index in [0.29, 0.717) is 31.9 Å². The number of amides is 1. The van der Waals surface area contributed by atoms with Crippen LogP contribution < -0.4 is 4.90 Å². The first kappa shape index (κ1) is 18.3. The molecular formula is C17H19N7O3S. The average Bonchev–Trinajstić information content (AvgIpc) is 3.30. The first-order chi connectivity index (χ1) is 13.5. The number of carbonyl (C=O) groups is 1. The molecule has 0 unspecified atom stereocenters. The quantitative estimate of drug-likeness (QED) is 0.474. The van der Waals surface area contributed by atoms with E-state index < -0.39 is 4.92 Å². The van der Waals surface area contributed by atoms with E-state index in [1.807, 2.05) is 17.0 Å². The van der Waals surface area contributed by atoms with Gasteiger partial charge in [0.25, 0.3) is 0 Å². The first-order valence-corrected chi connectivity index (χ1v) is 9.75. The molecule has 0 radical (unpaired) electrons. The van der Waals surface area contributed by atoms with E-state index in [0.717, 1.165) is 28.6 Å². The summed E-state index contributed by atoms with van der Waals surface area (Å²) in [5, 5.41) is 11.7. The van der Waals surface area contributed by atoms with Gasteiger partial charge in [0.05, 0.1) is 0 Å². The first-order valence-electron chi connectivity index (χ1n) is 8.94. The third-order valence-corrected chi connectivity index (χ3v) is 5.81. The molecule has 0 atom stereocenters. The Labute approximate surface area is 164 Å². The van der Waals surface area contributed by atoms with E-state index in [9.17, 15) is 14.9 Å². The van der Waals surface area contributed by atoms with Crippen LogP contribution in [0, 0.1) is 17.0 Å². The monoisotopic (exact) mass is 401 g/mol. The van der Waals surface area contributed by atoms with Gasteiger partial charge < -0.3 is 24.5 Å². The summed E-state index contributed by atoms with van der Waals surface area (Å²) in [4.78, 5) is 40.6. The highest BCUT2D eigenvalue weighted by Crippen LogP contribution is 2.27. The van der Waals surface area contributed by atoms with Crippen molar-refractivity contribution in [1.29, 1.82) is 0 Å². The van der Waals surface area contributed by atoms with Gasteiger partial charge in [0.2, 0.25) is 11.7 Å². The lowest BCUT2D eigenvalue weighted by molar-refractivity contribution is -0.389. The highest BCUT2D eigenvalue weighted by Gasteiger charge is 2.24. The summed E-state index contributed by atoms with van der Waals surface area (Å²) in [5.41, 5.74) is 0.894. The number of anilines is 1. The number of rotatable bonds is 5. The molecule has 4 rings (SSSR count). The van der Waals surface area contributed by atoms with Crippen molar-refractivity contribution in [2.45, 2.75) is 19.9 Å². The van der Waals surface area contributed by atoms with Gasteiger partial charge in [-0.15, -0.1) is 0 Å². The van der Waals surface area contributed by atoms with Gasteiger partial charge in [-0.25, -0.2) is 9.97 Å². The third kappa shape index (κ3) is 3.65. The van der Waals surface area contributed by atoms with Gasteiger partial charge in [-0.05, 0) is 22.0 Å². The van der Waals surface area contributed by atoms with Crippen molar-refractivity contribution < 1.29 is 9.72 Å². The number of pyridine rings is 1.